The van der Waals surface area contributed by atoms with Gasteiger partial charge in [0.05, 0.1) is 12.1 Å². The first-order valence-corrected chi connectivity index (χ1v) is 7.63. The maximum atomic E-state index is 12.0. The number of likely N-dealkylation sites (tertiary alicyclic amines) is 2. The molecule has 1 aromatic rings. The molecule has 4 nitrogen and oxygen atoms in total. The predicted molar refractivity (Wildman–Crippen MR) is 77.3 cm³/mol. The molecule has 1 atom stereocenters. The van der Waals surface area contributed by atoms with Gasteiger partial charge in [0.2, 0.25) is 5.91 Å². The minimum atomic E-state index is 0.0647. The molecule has 0 N–H and O–H groups in total. The Labute approximate surface area is 120 Å². The molecule has 110 valence electrons. The maximum Gasteiger partial charge on any atom is 0.222 e. The predicted octanol–water partition coefficient (Wildman–Crippen LogP) is 2.56. The van der Waals surface area contributed by atoms with E-state index in [0.717, 1.165) is 63.3 Å². The number of nitrogens with zero attached hydrogens (tertiary/aromatic N) is 2. The lowest BCUT2D eigenvalue weighted by Gasteiger charge is -2.50. The third-order valence-corrected chi connectivity index (χ3v) is 4.93. The highest BCUT2D eigenvalue weighted by Gasteiger charge is 2.43. The third-order valence-electron chi connectivity index (χ3n) is 4.93. The van der Waals surface area contributed by atoms with Gasteiger partial charge in [-0.25, -0.2) is 0 Å². The van der Waals surface area contributed by atoms with Crippen LogP contribution in [0, 0.1) is 6.92 Å². The number of furan rings is 1. The summed E-state index contributed by atoms with van der Waals surface area (Å²) in [6.07, 6.45) is 5.20. The summed E-state index contributed by atoms with van der Waals surface area (Å²) in [5.41, 5.74) is 0.0647. The second kappa shape index (κ2) is 5.24. The Kier molecular flexibility index (Phi) is 3.59. The number of hydrogen-bond acceptors (Lipinski definition) is 3. The van der Waals surface area contributed by atoms with Crippen molar-refractivity contribution >= 4 is 5.91 Å². The Morgan fingerprint density at radius 3 is 2.85 bits per heavy atom. The molecule has 0 aromatic carbocycles. The van der Waals surface area contributed by atoms with Crippen LogP contribution >= 0.6 is 0 Å². The molecule has 0 saturated carbocycles. The lowest BCUT2D eigenvalue weighted by Crippen LogP contribution is -2.60. The molecule has 2 fully saturated rings. The van der Waals surface area contributed by atoms with Gasteiger partial charge in [0.25, 0.3) is 0 Å². The van der Waals surface area contributed by atoms with Crippen LogP contribution < -0.4 is 0 Å². The van der Waals surface area contributed by atoms with Gasteiger partial charge in [-0.05, 0) is 51.3 Å². The first-order chi connectivity index (χ1) is 9.59. The van der Waals surface area contributed by atoms with Crippen molar-refractivity contribution in [1.82, 2.24) is 9.80 Å². The number of aryl methyl sites for hydroxylation is 1. The number of hydrogen-bond donors (Lipinski definition) is 0. The van der Waals surface area contributed by atoms with Gasteiger partial charge < -0.3 is 9.32 Å². The molecular formula is C16H24N2O2. The molecule has 3 rings (SSSR count). The molecule has 2 aliphatic heterocycles. The second-order valence-electron chi connectivity index (χ2n) is 6.36. The summed E-state index contributed by atoms with van der Waals surface area (Å²) < 4.78 is 5.69. The number of likely N-dealkylation sites (N-methyl/N-ethyl adjacent to an activating group) is 1. The van der Waals surface area contributed by atoms with Crippen molar-refractivity contribution in [2.24, 2.45) is 0 Å². The van der Waals surface area contributed by atoms with Gasteiger partial charge in [-0.1, -0.05) is 0 Å². The molecule has 4 heteroatoms. The maximum absolute atomic E-state index is 12.0. The van der Waals surface area contributed by atoms with E-state index in [9.17, 15) is 4.79 Å². The molecule has 1 amide bonds. The quantitative estimate of drug-likeness (QED) is 0.833. The fraction of sp³-hybridized carbons (Fsp3) is 0.688. The molecule has 2 saturated heterocycles. The largest absolute Gasteiger partial charge is 0.465 e. The van der Waals surface area contributed by atoms with Crippen molar-refractivity contribution in [3.8, 4) is 0 Å². The summed E-state index contributed by atoms with van der Waals surface area (Å²) >= 11 is 0. The third kappa shape index (κ3) is 2.49. The van der Waals surface area contributed by atoms with E-state index in [1.165, 1.54) is 0 Å². The van der Waals surface area contributed by atoms with E-state index in [2.05, 4.69) is 11.0 Å². The molecule has 20 heavy (non-hydrogen) atoms. The van der Waals surface area contributed by atoms with Crippen molar-refractivity contribution < 1.29 is 9.21 Å². The van der Waals surface area contributed by atoms with E-state index in [-0.39, 0.29) is 5.54 Å². The van der Waals surface area contributed by atoms with Gasteiger partial charge >= 0.3 is 0 Å². The zero-order chi connectivity index (χ0) is 14.2. The highest BCUT2D eigenvalue weighted by molar-refractivity contribution is 5.77. The van der Waals surface area contributed by atoms with Crippen molar-refractivity contribution in [3.05, 3.63) is 23.7 Å². The zero-order valence-corrected chi connectivity index (χ0v) is 12.5. The van der Waals surface area contributed by atoms with Gasteiger partial charge in [-0.3, -0.25) is 9.69 Å². The van der Waals surface area contributed by atoms with Gasteiger partial charge in [0.15, 0.2) is 0 Å². The van der Waals surface area contributed by atoms with Crippen LogP contribution in [0.3, 0.4) is 0 Å². The van der Waals surface area contributed by atoms with Crippen molar-refractivity contribution in [1.29, 1.82) is 0 Å². The van der Waals surface area contributed by atoms with Crippen LogP contribution in [0.5, 0.6) is 0 Å². The van der Waals surface area contributed by atoms with Crippen LogP contribution in [-0.2, 0) is 11.3 Å². The number of carbonyl (C=O) groups is 1. The van der Waals surface area contributed by atoms with E-state index in [0.29, 0.717) is 5.91 Å². The molecule has 1 aromatic heterocycles. The average molecular weight is 276 g/mol. The van der Waals surface area contributed by atoms with Crippen LogP contribution in [-0.4, -0.2) is 41.4 Å². The van der Waals surface area contributed by atoms with E-state index in [1.807, 2.05) is 24.9 Å². The van der Waals surface area contributed by atoms with E-state index < -0.39 is 0 Å². The zero-order valence-electron chi connectivity index (χ0n) is 12.5. The summed E-state index contributed by atoms with van der Waals surface area (Å²) in [4.78, 5) is 16.5. The fourth-order valence-electron chi connectivity index (χ4n) is 3.78. The van der Waals surface area contributed by atoms with Crippen LogP contribution in [0.15, 0.2) is 16.5 Å². The lowest BCUT2D eigenvalue weighted by molar-refractivity contribution is -0.143. The Bertz CT molecular complexity index is 492. The van der Waals surface area contributed by atoms with Crippen molar-refractivity contribution in [2.75, 3.05) is 20.1 Å². The minimum absolute atomic E-state index is 0.0647. The standard InChI is InChI=1S/C16H24N2O2/c1-13-6-7-14(20-13)11-18-10-4-9-16(12-18)8-3-5-15(19)17(16)2/h6-7H,3-5,8-12H2,1-2H3/t16-/m1/s1. The fourth-order valence-corrected chi connectivity index (χ4v) is 3.78. The molecule has 1 spiro atoms. The molecule has 0 bridgehead atoms. The molecule has 3 heterocycles. The Morgan fingerprint density at radius 2 is 2.10 bits per heavy atom. The summed E-state index contributed by atoms with van der Waals surface area (Å²) in [6.45, 7) is 4.92. The number of carbonyl (C=O) groups excluding carboxylic acids is 1. The van der Waals surface area contributed by atoms with Gasteiger partial charge in [-0.2, -0.15) is 0 Å². The average Bonchev–Trinajstić information content (AvgIpc) is 2.82. The second-order valence-corrected chi connectivity index (χ2v) is 6.36. The van der Waals surface area contributed by atoms with E-state index >= 15 is 0 Å². The van der Waals surface area contributed by atoms with Crippen molar-refractivity contribution in [3.63, 3.8) is 0 Å². The summed E-state index contributed by atoms with van der Waals surface area (Å²) in [5, 5.41) is 0. The molecule has 0 unspecified atom stereocenters. The lowest BCUT2D eigenvalue weighted by atomic mass is 9.80. The highest BCUT2D eigenvalue weighted by atomic mass is 16.3. The summed E-state index contributed by atoms with van der Waals surface area (Å²) in [6, 6.07) is 4.08. The molecule has 0 aliphatic carbocycles. The number of piperidine rings is 2. The summed E-state index contributed by atoms with van der Waals surface area (Å²) in [7, 11) is 1.99. The monoisotopic (exact) mass is 276 g/mol. The Hall–Kier alpha value is -1.29. The first-order valence-electron chi connectivity index (χ1n) is 7.63. The number of amides is 1. The first kappa shape index (κ1) is 13.7. The topological polar surface area (TPSA) is 36.7 Å². The van der Waals surface area contributed by atoms with Crippen molar-refractivity contribution in [2.45, 2.75) is 51.1 Å². The van der Waals surface area contributed by atoms with Gasteiger partial charge in [0.1, 0.15) is 11.5 Å². The molecule has 2 aliphatic rings. The van der Waals surface area contributed by atoms with Crippen LogP contribution in [0.1, 0.15) is 43.6 Å². The summed E-state index contributed by atoms with van der Waals surface area (Å²) in [5.74, 6) is 2.31. The molecule has 0 radical (unpaired) electrons. The molecular weight excluding hydrogens is 252 g/mol. The highest BCUT2D eigenvalue weighted by Crippen LogP contribution is 2.36. The van der Waals surface area contributed by atoms with Crippen LogP contribution in [0.2, 0.25) is 0 Å². The smallest absolute Gasteiger partial charge is 0.222 e. The van der Waals surface area contributed by atoms with Crippen LogP contribution in [0.25, 0.3) is 0 Å². The van der Waals surface area contributed by atoms with Gasteiger partial charge in [0, 0.05) is 20.0 Å². The van der Waals surface area contributed by atoms with E-state index in [1.54, 1.807) is 0 Å². The van der Waals surface area contributed by atoms with Crippen LogP contribution in [0.4, 0.5) is 0 Å². The Balaban J connectivity index is 1.71. The minimum Gasteiger partial charge on any atom is -0.465 e. The number of rotatable bonds is 2. The Morgan fingerprint density at radius 1 is 1.30 bits per heavy atom. The normalized spacial score (nSPS) is 28.3. The van der Waals surface area contributed by atoms with Gasteiger partial charge in [-0.15, -0.1) is 0 Å². The van der Waals surface area contributed by atoms with E-state index in [4.69, 9.17) is 4.42 Å². The SMILES string of the molecule is Cc1ccc(CN2CCC[C@]3(CCCC(=O)N3C)C2)o1.